The van der Waals surface area contributed by atoms with E-state index >= 15 is 0 Å². The summed E-state index contributed by atoms with van der Waals surface area (Å²) >= 11 is 0. The Labute approximate surface area is 152 Å². The Kier molecular flexibility index (Phi) is 4.71. The summed E-state index contributed by atoms with van der Waals surface area (Å²) in [5, 5.41) is 0. The van der Waals surface area contributed by atoms with Crippen molar-refractivity contribution < 1.29 is 19.1 Å². The molecule has 0 spiro atoms. The van der Waals surface area contributed by atoms with E-state index in [0.29, 0.717) is 24.6 Å². The summed E-state index contributed by atoms with van der Waals surface area (Å²) in [5.74, 6) is 0.187. The van der Waals surface area contributed by atoms with Crippen molar-refractivity contribution in [2.45, 2.75) is 39.5 Å². The Hall–Kier alpha value is -2.83. The standard InChI is InChI=1S/C19H23N3O4/c1-19(2,3)26-18(24)21-10-11-22-14(12-21)15(17(23)25-4)20-16(22)13-8-6-5-7-9-13/h5-9H,10-12H2,1-4H3. The third-order valence-electron chi connectivity index (χ3n) is 4.07. The number of methoxy groups -OCH3 is 1. The second-order valence-electron chi connectivity index (χ2n) is 7.14. The third-order valence-corrected chi connectivity index (χ3v) is 4.07. The molecule has 7 heteroatoms. The number of ether oxygens (including phenoxy) is 2. The van der Waals surface area contributed by atoms with Crippen molar-refractivity contribution in [1.82, 2.24) is 14.5 Å². The normalized spacial score (nSPS) is 13.9. The fourth-order valence-corrected chi connectivity index (χ4v) is 2.92. The van der Waals surface area contributed by atoms with Crippen LogP contribution in [-0.2, 0) is 22.6 Å². The van der Waals surface area contributed by atoms with Gasteiger partial charge in [-0.25, -0.2) is 14.6 Å². The molecule has 1 aromatic heterocycles. The molecule has 1 aliphatic rings. The van der Waals surface area contributed by atoms with Crippen LogP contribution in [0.1, 0.15) is 37.0 Å². The van der Waals surface area contributed by atoms with Crippen LogP contribution in [0, 0.1) is 0 Å². The van der Waals surface area contributed by atoms with E-state index in [0.717, 1.165) is 5.56 Å². The van der Waals surface area contributed by atoms with Crippen molar-refractivity contribution in [1.29, 1.82) is 0 Å². The van der Waals surface area contributed by atoms with E-state index in [1.165, 1.54) is 7.11 Å². The van der Waals surface area contributed by atoms with Gasteiger partial charge in [-0.15, -0.1) is 0 Å². The summed E-state index contributed by atoms with van der Waals surface area (Å²) in [7, 11) is 1.32. The Balaban J connectivity index is 1.97. The monoisotopic (exact) mass is 357 g/mol. The summed E-state index contributed by atoms with van der Waals surface area (Å²) in [4.78, 5) is 30.7. The number of fused-ring (bicyclic) bond motifs is 1. The fraction of sp³-hybridized carbons (Fsp3) is 0.421. The highest BCUT2D eigenvalue weighted by Crippen LogP contribution is 2.27. The number of hydrogen-bond acceptors (Lipinski definition) is 5. The topological polar surface area (TPSA) is 73.7 Å². The van der Waals surface area contributed by atoms with Gasteiger partial charge in [0.15, 0.2) is 5.69 Å². The van der Waals surface area contributed by atoms with Crippen LogP contribution in [0.3, 0.4) is 0 Å². The van der Waals surface area contributed by atoms with Crippen molar-refractivity contribution in [2.75, 3.05) is 13.7 Å². The van der Waals surface area contributed by atoms with Crippen LogP contribution >= 0.6 is 0 Å². The predicted octanol–water partition coefficient (Wildman–Crippen LogP) is 3.09. The fourth-order valence-electron chi connectivity index (χ4n) is 2.92. The smallest absolute Gasteiger partial charge is 0.410 e. The number of esters is 1. The van der Waals surface area contributed by atoms with E-state index in [2.05, 4.69) is 4.98 Å². The first-order valence-corrected chi connectivity index (χ1v) is 8.51. The average Bonchev–Trinajstić information content (AvgIpc) is 2.99. The third kappa shape index (κ3) is 3.56. The molecule has 138 valence electrons. The first-order chi connectivity index (χ1) is 12.3. The van der Waals surface area contributed by atoms with Crippen molar-refractivity contribution >= 4 is 12.1 Å². The molecule has 2 heterocycles. The molecule has 0 bridgehead atoms. The number of rotatable bonds is 2. The van der Waals surface area contributed by atoms with Crippen LogP contribution in [0.5, 0.6) is 0 Å². The van der Waals surface area contributed by atoms with Gasteiger partial charge in [0.05, 0.1) is 19.3 Å². The molecule has 1 amide bonds. The molecule has 0 unspecified atom stereocenters. The largest absolute Gasteiger partial charge is 0.464 e. The highest BCUT2D eigenvalue weighted by Gasteiger charge is 2.32. The Morgan fingerprint density at radius 3 is 2.42 bits per heavy atom. The van der Waals surface area contributed by atoms with Gasteiger partial charge in [-0.1, -0.05) is 30.3 Å². The van der Waals surface area contributed by atoms with Gasteiger partial charge in [0.1, 0.15) is 11.4 Å². The quantitative estimate of drug-likeness (QED) is 0.772. The van der Waals surface area contributed by atoms with E-state index in [9.17, 15) is 9.59 Å². The van der Waals surface area contributed by atoms with Crippen molar-refractivity contribution in [3.8, 4) is 11.4 Å². The molecule has 1 aliphatic heterocycles. The first kappa shape index (κ1) is 18.0. The van der Waals surface area contributed by atoms with Crippen LogP contribution in [0.15, 0.2) is 30.3 Å². The van der Waals surface area contributed by atoms with Gasteiger partial charge in [0.2, 0.25) is 0 Å². The number of aromatic nitrogens is 2. The van der Waals surface area contributed by atoms with E-state index in [1.807, 2.05) is 55.7 Å². The van der Waals surface area contributed by atoms with E-state index in [4.69, 9.17) is 9.47 Å². The van der Waals surface area contributed by atoms with Crippen molar-refractivity contribution in [3.63, 3.8) is 0 Å². The second-order valence-corrected chi connectivity index (χ2v) is 7.14. The van der Waals surface area contributed by atoms with Crippen molar-refractivity contribution in [2.24, 2.45) is 0 Å². The molecule has 0 aliphatic carbocycles. The molecule has 0 N–H and O–H groups in total. The molecular weight excluding hydrogens is 334 g/mol. The highest BCUT2D eigenvalue weighted by atomic mass is 16.6. The number of imidazole rings is 1. The maximum absolute atomic E-state index is 12.4. The van der Waals surface area contributed by atoms with Crippen LogP contribution in [0.4, 0.5) is 4.79 Å². The van der Waals surface area contributed by atoms with Crippen LogP contribution < -0.4 is 0 Å². The van der Waals surface area contributed by atoms with Crippen LogP contribution in [0.25, 0.3) is 11.4 Å². The zero-order valence-corrected chi connectivity index (χ0v) is 15.5. The minimum atomic E-state index is -0.574. The van der Waals surface area contributed by atoms with Crippen LogP contribution in [-0.4, -0.2) is 45.8 Å². The minimum absolute atomic E-state index is 0.236. The number of benzene rings is 1. The predicted molar refractivity (Wildman–Crippen MR) is 95.6 cm³/mol. The molecule has 2 aromatic rings. The highest BCUT2D eigenvalue weighted by molar-refractivity contribution is 5.89. The number of amides is 1. The van der Waals surface area contributed by atoms with E-state index in [-0.39, 0.29) is 12.2 Å². The van der Waals surface area contributed by atoms with Gasteiger partial charge in [-0.2, -0.15) is 0 Å². The van der Waals surface area contributed by atoms with Crippen LogP contribution in [0.2, 0.25) is 0 Å². The minimum Gasteiger partial charge on any atom is -0.464 e. The number of carbonyl (C=O) groups is 2. The Bertz CT molecular complexity index is 821. The maximum Gasteiger partial charge on any atom is 0.410 e. The molecule has 0 fully saturated rings. The lowest BCUT2D eigenvalue weighted by atomic mass is 10.2. The Morgan fingerprint density at radius 2 is 1.81 bits per heavy atom. The van der Waals surface area contributed by atoms with Crippen molar-refractivity contribution in [3.05, 3.63) is 41.7 Å². The van der Waals surface area contributed by atoms with E-state index < -0.39 is 17.7 Å². The number of nitrogens with zero attached hydrogens (tertiary/aromatic N) is 3. The van der Waals surface area contributed by atoms with Gasteiger partial charge in [0, 0.05) is 18.7 Å². The zero-order valence-electron chi connectivity index (χ0n) is 15.5. The average molecular weight is 357 g/mol. The molecular formula is C19H23N3O4. The number of carbonyl (C=O) groups excluding carboxylic acids is 2. The summed E-state index contributed by atoms with van der Waals surface area (Å²) < 4.78 is 12.3. The lowest BCUT2D eigenvalue weighted by molar-refractivity contribution is 0.0196. The molecule has 0 saturated heterocycles. The molecule has 0 atom stereocenters. The van der Waals surface area contributed by atoms with Gasteiger partial charge in [-0.05, 0) is 20.8 Å². The summed E-state index contributed by atoms with van der Waals surface area (Å²) in [6, 6.07) is 9.65. The first-order valence-electron chi connectivity index (χ1n) is 8.51. The lowest BCUT2D eigenvalue weighted by Gasteiger charge is -2.31. The molecule has 1 aromatic carbocycles. The number of hydrogen-bond donors (Lipinski definition) is 0. The van der Waals surface area contributed by atoms with Gasteiger partial charge in [-0.3, -0.25) is 0 Å². The SMILES string of the molecule is COC(=O)c1nc(-c2ccccc2)n2c1CN(C(=O)OC(C)(C)C)CC2. The molecule has 3 rings (SSSR count). The molecule has 0 radical (unpaired) electrons. The van der Waals surface area contributed by atoms with E-state index in [1.54, 1.807) is 4.90 Å². The molecule has 0 saturated carbocycles. The second kappa shape index (κ2) is 6.82. The summed E-state index contributed by atoms with van der Waals surface area (Å²) in [6.07, 6.45) is -0.401. The Morgan fingerprint density at radius 1 is 1.12 bits per heavy atom. The van der Waals surface area contributed by atoms with Gasteiger partial charge < -0.3 is 18.9 Å². The molecule has 26 heavy (non-hydrogen) atoms. The summed E-state index contributed by atoms with van der Waals surface area (Å²) in [5.41, 5.74) is 1.23. The van der Waals surface area contributed by atoms with Gasteiger partial charge >= 0.3 is 12.1 Å². The molecule has 7 nitrogen and oxygen atoms in total. The zero-order chi connectivity index (χ0) is 18.9. The summed E-state index contributed by atoms with van der Waals surface area (Å²) in [6.45, 7) is 6.74. The van der Waals surface area contributed by atoms with Gasteiger partial charge in [0.25, 0.3) is 0 Å². The lowest BCUT2D eigenvalue weighted by Crippen LogP contribution is -2.41. The maximum atomic E-state index is 12.4.